The van der Waals surface area contributed by atoms with Gasteiger partial charge in [-0.2, -0.15) is 0 Å². The van der Waals surface area contributed by atoms with Crippen LogP contribution in [0.3, 0.4) is 0 Å². The van der Waals surface area contributed by atoms with Crippen molar-refractivity contribution < 1.29 is 0 Å². The first kappa shape index (κ1) is 23.8. The van der Waals surface area contributed by atoms with E-state index in [1.54, 1.807) is 0 Å². The predicted octanol–water partition coefficient (Wildman–Crippen LogP) is 3.00. The Labute approximate surface area is 153 Å². The first-order valence-electron chi connectivity index (χ1n) is 10.6. The predicted molar refractivity (Wildman–Crippen MR) is 109 cm³/mol. The molecule has 2 rings (SSSR count). The van der Waals surface area contributed by atoms with Crippen LogP contribution < -0.4 is 5.32 Å². The van der Waals surface area contributed by atoms with Gasteiger partial charge in [-0.3, -0.25) is 0 Å². The van der Waals surface area contributed by atoms with Crippen molar-refractivity contribution >= 4 is 0 Å². The third kappa shape index (κ3) is 9.97. The maximum Gasteiger partial charge on any atom is 0.0110 e. The van der Waals surface area contributed by atoms with Gasteiger partial charge in [0.1, 0.15) is 0 Å². The maximum absolute atomic E-state index is 3.25. The van der Waals surface area contributed by atoms with Crippen LogP contribution in [0.4, 0.5) is 0 Å². The van der Waals surface area contributed by atoms with Gasteiger partial charge < -0.3 is 20.0 Å². The quantitative estimate of drug-likeness (QED) is 0.768. The zero-order chi connectivity index (χ0) is 18.2. The summed E-state index contributed by atoms with van der Waals surface area (Å²) in [7, 11) is 2.05. The molecule has 0 aromatic heterocycles. The maximum atomic E-state index is 3.25. The molecule has 0 radical (unpaired) electrons. The largest absolute Gasteiger partial charge is 0.318 e. The monoisotopic (exact) mass is 342 g/mol. The molecule has 0 unspecified atom stereocenters. The summed E-state index contributed by atoms with van der Waals surface area (Å²) in [6.07, 6.45) is 4.10. The Kier molecular flexibility index (Phi) is 16.2. The Hall–Kier alpha value is -0.160. The number of likely N-dealkylation sites (N-methyl/N-ethyl adjacent to an activating group) is 1. The average Bonchev–Trinajstić information content (AvgIpc) is 2.66. The Morgan fingerprint density at radius 1 is 0.750 bits per heavy atom. The molecular formula is C20H46N4. The molecule has 2 aliphatic heterocycles. The van der Waals surface area contributed by atoms with Crippen molar-refractivity contribution in [2.75, 3.05) is 72.5 Å². The fraction of sp³-hybridized carbons (Fsp3) is 1.00. The molecule has 1 N–H and O–H groups in total. The van der Waals surface area contributed by atoms with E-state index in [0.717, 1.165) is 12.5 Å². The zero-order valence-corrected chi connectivity index (χ0v) is 17.6. The molecule has 2 saturated heterocycles. The highest BCUT2D eigenvalue weighted by Gasteiger charge is 2.23. The molecule has 4 heteroatoms. The lowest BCUT2D eigenvalue weighted by Crippen LogP contribution is -2.49. The minimum absolute atomic E-state index is 0.943. The highest BCUT2D eigenvalue weighted by Crippen LogP contribution is 2.19. The molecule has 0 saturated carbocycles. The van der Waals surface area contributed by atoms with Crippen LogP contribution in [0.5, 0.6) is 0 Å². The van der Waals surface area contributed by atoms with Crippen LogP contribution in [0.15, 0.2) is 0 Å². The lowest BCUT2D eigenvalue weighted by Gasteiger charge is -2.38. The van der Waals surface area contributed by atoms with Crippen LogP contribution in [-0.4, -0.2) is 87.2 Å². The van der Waals surface area contributed by atoms with Gasteiger partial charge in [-0.05, 0) is 51.9 Å². The molecule has 0 amide bonds. The van der Waals surface area contributed by atoms with E-state index >= 15 is 0 Å². The Morgan fingerprint density at radius 3 is 1.75 bits per heavy atom. The van der Waals surface area contributed by atoms with Crippen molar-refractivity contribution in [2.45, 2.75) is 53.9 Å². The number of rotatable bonds is 7. The second-order valence-corrected chi connectivity index (χ2v) is 6.53. The van der Waals surface area contributed by atoms with Gasteiger partial charge in [0.15, 0.2) is 0 Å². The summed E-state index contributed by atoms with van der Waals surface area (Å²) in [4.78, 5) is 7.95. The van der Waals surface area contributed by atoms with Gasteiger partial charge in [-0.1, -0.05) is 34.6 Å². The fourth-order valence-corrected chi connectivity index (χ4v) is 3.54. The summed E-state index contributed by atoms with van der Waals surface area (Å²) in [5.74, 6) is 0.943. The zero-order valence-electron chi connectivity index (χ0n) is 17.6. The first-order valence-corrected chi connectivity index (χ1v) is 10.6. The minimum atomic E-state index is 0.943. The summed E-state index contributed by atoms with van der Waals surface area (Å²) in [5.41, 5.74) is 0. The molecule has 2 aliphatic rings. The van der Waals surface area contributed by atoms with E-state index < -0.39 is 0 Å². The van der Waals surface area contributed by atoms with Gasteiger partial charge in [0.2, 0.25) is 0 Å². The normalized spacial score (nSPS) is 20.8. The minimum Gasteiger partial charge on any atom is -0.318 e. The van der Waals surface area contributed by atoms with Crippen LogP contribution in [0, 0.1) is 5.92 Å². The molecule has 0 atom stereocenters. The molecule has 2 heterocycles. The number of piperidine rings is 1. The summed E-state index contributed by atoms with van der Waals surface area (Å²) in [5, 5.41) is 3.25. The number of piperazine rings is 1. The molecule has 0 aromatic rings. The molecule has 0 aliphatic carbocycles. The van der Waals surface area contributed by atoms with E-state index in [-0.39, 0.29) is 0 Å². The van der Waals surface area contributed by atoms with E-state index in [4.69, 9.17) is 0 Å². The summed E-state index contributed by atoms with van der Waals surface area (Å²) >= 11 is 0. The molecule has 0 spiro atoms. The van der Waals surface area contributed by atoms with Crippen LogP contribution in [0.1, 0.15) is 53.9 Å². The van der Waals surface area contributed by atoms with Crippen molar-refractivity contribution in [2.24, 2.45) is 5.92 Å². The topological polar surface area (TPSA) is 21.8 Å². The standard InChI is InChI=1S/C16H34N4.2C2H6/c1-3-7-18-11-13-20(14-12-18)15-16-4-8-19(9-5-16)10-6-17-2;2*1-2/h16-17H,3-15H2,1-2H3;2*1-2H3. The van der Waals surface area contributed by atoms with Crippen LogP contribution in [-0.2, 0) is 0 Å². The van der Waals surface area contributed by atoms with E-state index in [2.05, 4.69) is 26.9 Å². The number of nitrogens with one attached hydrogen (secondary N) is 1. The highest BCUT2D eigenvalue weighted by molar-refractivity contribution is 4.78. The number of hydrogen-bond donors (Lipinski definition) is 1. The van der Waals surface area contributed by atoms with Gasteiger partial charge in [-0.15, -0.1) is 0 Å². The highest BCUT2D eigenvalue weighted by atomic mass is 15.3. The lowest BCUT2D eigenvalue weighted by atomic mass is 9.96. The summed E-state index contributed by atoms with van der Waals surface area (Å²) < 4.78 is 0. The second kappa shape index (κ2) is 16.3. The number of likely N-dealkylation sites (tertiary alicyclic amines) is 1. The van der Waals surface area contributed by atoms with Gasteiger partial charge in [-0.25, -0.2) is 0 Å². The lowest BCUT2D eigenvalue weighted by molar-refractivity contribution is 0.0955. The third-order valence-corrected chi connectivity index (χ3v) is 4.91. The van der Waals surface area contributed by atoms with Crippen LogP contribution >= 0.6 is 0 Å². The smallest absolute Gasteiger partial charge is 0.0110 e. The molecule has 0 bridgehead atoms. The van der Waals surface area contributed by atoms with Crippen molar-refractivity contribution in [3.8, 4) is 0 Å². The molecular weight excluding hydrogens is 296 g/mol. The van der Waals surface area contributed by atoms with Crippen LogP contribution in [0.2, 0.25) is 0 Å². The summed E-state index contributed by atoms with van der Waals surface area (Å²) in [6, 6.07) is 0. The molecule has 0 aromatic carbocycles. The Balaban J connectivity index is 0.00000123. The fourth-order valence-electron chi connectivity index (χ4n) is 3.54. The Morgan fingerprint density at radius 2 is 1.25 bits per heavy atom. The van der Waals surface area contributed by atoms with Gasteiger partial charge in [0.25, 0.3) is 0 Å². The molecule has 4 nitrogen and oxygen atoms in total. The molecule has 2 fully saturated rings. The van der Waals surface area contributed by atoms with Crippen molar-refractivity contribution in [3.05, 3.63) is 0 Å². The van der Waals surface area contributed by atoms with Crippen molar-refractivity contribution in [3.63, 3.8) is 0 Å². The van der Waals surface area contributed by atoms with E-state index in [1.165, 1.54) is 78.2 Å². The molecule has 24 heavy (non-hydrogen) atoms. The average molecular weight is 343 g/mol. The Bertz CT molecular complexity index is 244. The SMILES string of the molecule is CC.CC.CCCN1CCN(CC2CCN(CCNC)CC2)CC1. The number of hydrogen-bond acceptors (Lipinski definition) is 4. The van der Waals surface area contributed by atoms with Crippen molar-refractivity contribution in [1.82, 2.24) is 20.0 Å². The van der Waals surface area contributed by atoms with E-state index in [9.17, 15) is 0 Å². The first-order chi connectivity index (χ1) is 11.8. The number of nitrogens with zero attached hydrogens (tertiary/aromatic N) is 3. The van der Waals surface area contributed by atoms with Gasteiger partial charge >= 0.3 is 0 Å². The van der Waals surface area contributed by atoms with Gasteiger partial charge in [0.05, 0.1) is 0 Å². The third-order valence-electron chi connectivity index (χ3n) is 4.91. The molecule has 146 valence electrons. The van der Waals surface area contributed by atoms with Crippen LogP contribution in [0.25, 0.3) is 0 Å². The van der Waals surface area contributed by atoms with E-state index in [1.807, 2.05) is 34.7 Å². The van der Waals surface area contributed by atoms with Gasteiger partial charge in [0, 0.05) is 45.8 Å². The second-order valence-electron chi connectivity index (χ2n) is 6.53. The summed E-state index contributed by atoms with van der Waals surface area (Å²) in [6.45, 7) is 23.0. The van der Waals surface area contributed by atoms with E-state index in [0.29, 0.717) is 0 Å². The van der Waals surface area contributed by atoms with Crippen molar-refractivity contribution in [1.29, 1.82) is 0 Å².